The van der Waals surface area contributed by atoms with Crippen molar-refractivity contribution in [3.8, 4) is 0 Å². The van der Waals surface area contributed by atoms with Crippen molar-refractivity contribution >= 4 is 16.9 Å². The third-order valence-electron chi connectivity index (χ3n) is 3.95. The largest absolute Gasteiger partial charge is 0.451 e. The van der Waals surface area contributed by atoms with Crippen LogP contribution in [0.5, 0.6) is 0 Å². The van der Waals surface area contributed by atoms with Gasteiger partial charge in [0, 0.05) is 11.4 Å². The van der Waals surface area contributed by atoms with Gasteiger partial charge in [0.05, 0.1) is 0 Å². The van der Waals surface area contributed by atoms with Gasteiger partial charge in [-0.2, -0.15) is 0 Å². The Balaban J connectivity index is 1.74. The van der Waals surface area contributed by atoms with Gasteiger partial charge >= 0.3 is 0 Å². The predicted octanol–water partition coefficient (Wildman–Crippen LogP) is 3.74. The molecule has 1 heterocycles. The van der Waals surface area contributed by atoms with E-state index in [1.807, 2.05) is 30.3 Å². The Kier molecular flexibility index (Phi) is 2.85. The molecule has 0 bridgehead atoms. The first kappa shape index (κ1) is 12.3. The van der Waals surface area contributed by atoms with E-state index in [0.717, 1.165) is 30.2 Å². The highest BCUT2D eigenvalue weighted by Gasteiger charge is 2.32. The summed E-state index contributed by atoms with van der Waals surface area (Å²) in [6.45, 7) is 4.50. The summed E-state index contributed by atoms with van der Waals surface area (Å²) in [7, 11) is 0. The smallest absolute Gasteiger partial charge is 0.287 e. The minimum Gasteiger partial charge on any atom is -0.451 e. The van der Waals surface area contributed by atoms with Gasteiger partial charge < -0.3 is 9.73 Å². The van der Waals surface area contributed by atoms with Crippen molar-refractivity contribution in [2.24, 2.45) is 5.41 Å². The summed E-state index contributed by atoms with van der Waals surface area (Å²) in [6, 6.07) is 9.77. The molecule has 1 unspecified atom stereocenters. The summed E-state index contributed by atoms with van der Waals surface area (Å²) in [6.07, 6.45) is 3.26. The van der Waals surface area contributed by atoms with Gasteiger partial charge in [-0.05, 0) is 36.8 Å². The van der Waals surface area contributed by atoms with Crippen LogP contribution in [0.2, 0.25) is 0 Å². The normalized spacial score (nSPS) is 21.7. The fourth-order valence-electron chi connectivity index (χ4n) is 2.91. The Labute approximate surface area is 113 Å². The van der Waals surface area contributed by atoms with Crippen LogP contribution in [0, 0.1) is 5.41 Å². The summed E-state index contributed by atoms with van der Waals surface area (Å²) in [4.78, 5) is 12.2. The molecule has 19 heavy (non-hydrogen) atoms. The van der Waals surface area contributed by atoms with Crippen molar-refractivity contribution in [2.45, 2.75) is 39.2 Å². The quantitative estimate of drug-likeness (QED) is 0.890. The molecular formula is C16H19NO2. The maximum absolute atomic E-state index is 12.2. The molecule has 1 aromatic heterocycles. The average Bonchev–Trinajstić information content (AvgIpc) is 2.92. The number of nitrogens with one attached hydrogen (secondary N) is 1. The summed E-state index contributed by atoms with van der Waals surface area (Å²) in [5.41, 5.74) is 1.10. The second kappa shape index (κ2) is 4.41. The Bertz CT molecular complexity index is 579. The third-order valence-corrected chi connectivity index (χ3v) is 3.95. The number of rotatable bonds is 2. The molecule has 2 aromatic rings. The standard InChI is InChI=1S/C16H19NO2/c1-16(2)8-7-12(10-16)17-15(18)14-9-11-5-3-4-6-13(11)19-14/h3-6,9,12H,7-8,10H2,1-2H3,(H,17,18). The molecule has 1 atom stereocenters. The molecule has 0 spiro atoms. The fourth-order valence-corrected chi connectivity index (χ4v) is 2.91. The Hall–Kier alpha value is -1.77. The molecule has 1 amide bonds. The topological polar surface area (TPSA) is 42.2 Å². The van der Waals surface area contributed by atoms with Gasteiger partial charge in [-0.25, -0.2) is 0 Å². The van der Waals surface area contributed by atoms with Gasteiger partial charge in [-0.1, -0.05) is 32.0 Å². The first-order valence-electron chi connectivity index (χ1n) is 6.83. The minimum atomic E-state index is -0.0982. The number of hydrogen-bond acceptors (Lipinski definition) is 2. The van der Waals surface area contributed by atoms with Crippen LogP contribution < -0.4 is 5.32 Å². The molecule has 1 aliphatic carbocycles. The molecular weight excluding hydrogens is 238 g/mol. The van der Waals surface area contributed by atoms with Crippen LogP contribution in [-0.2, 0) is 0 Å². The molecule has 0 aliphatic heterocycles. The molecule has 1 fully saturated rings. The van der Waals surface area contributed by atoms with Crippen LogP contribution in [-0.4, -0.2) is 11.9 Å². The van der Waals surface area contributed by atoms with Gasteiger partial charge in [-0.15, -0.1) is 0 Å². The number of benzene rings is 1. The lowest BCUT2D eigenvalue weighted by Crippen LogP contribution is -2.33. The zero-order valence-electron chi connectivity index (χ0n) is 11.4. The minimum absolute atomic E-state index is 0.0982. The van der Waals surface area contributed by atoms with Crippen molar-refractivity contribution in [1.29, 1.82) is 0 Å². The number of furan rings is 1. The van der Waals surface area contributed by atoms with Crippen LogP contribution in [0.1, 0.15) is 43.7 Å². The van der Waals surface area contributed by atoms with E-state index in [1.54, 1.807) is 0 Å². The predicted molar refractivity (Wildman–Crippen MR) is 75.1 cm³/mol. The lowest BCUT2D eigenvalue weighted by atomic mass is 9.92. The van der Waals surface area contributed by atoms with Crippen molar-refractivity contribution in [2.75, 3.05) is 0 Å². The Morgan fingerprint density at radius 3 is 2.84 bits per heavy atom. The van der Waals surface area contributed by atoms with E-state index in [0.29, 0.717) is 11.2 Å². The summed E-state index contributed by atoms with van der Waals surface area (Å²) >= 11 is 0. The molecule has 1 aliphatic rings. The van der Waals surface area contributed by atoms with Crippen molar-refractivity contribution in [3.05, 3.63) is 36.1 Å². The molecule has 3 nitrogen and oxygen atoms in total. The van der Waals surface area contributed by atoms with Crippen molar-refractivity contribution < 1.29 is 9.21 Å². The highest BCUT2D eigenvalue weighted by molar-refractivity contribution is 5.96. The summed E-state index contributed by atoms with van der Waals surface area (Å²) < 4.78 is 5.58. The van der Waals surface area contributed by atoms with Crippen molar-refractivity contribution in [3.63, 3.8) is 0 Å². The van der Waals surface area contributed by atoms with E-state index in [-0.39, 0.29) is 11.9 Å². The number of carbonyl (C=O) groups is 1. The van der Waals surface area contributed by atoms with Gasteiger partial charge in [-0.3, -0.25) is 4.79 Å². The van der Waals surface area contributed by atoms with Crippen LogP contribution in [0.3, 0.4) is 0 Å². The Morgan fingerprint density at radius 2 is 2.16 bits per heavy atom. The van der Waals surface area contributed by atoms with E-state index in [4.69, 9.17) is 4.42 Å². The van der Waals surface area contributed by atoms with Gasteiger partial charge in [0.25, 0.3) is 5.91 Å². The molecule has 3 heteroatoms. The second-order valence-corrected chi connectivity index (χ2v) is 6.23. The second-order valence-electron chi connectivity index (χ2n) is 6.23. The Morgan fingerprint density at radius 1 is 1.37 bits per heavy atom. The molecule has 1 aromatic carbocycles. The highest BCUT2D eigenvalue weighted by Crippen LogP contribution is 2.37. The highest BCUT2D eigenvalue weighted by atomic mass is 16.3. The monoisotopic (exact) mass is 257 g/mol. The first-order valence-corrected chi connectivity index (χ1v) is 6.83. The molecule has 0 saturated heterocycles. The zero-order valence-corrected chi connectivity index (χ0v) is 11.4. The number of hydrogen-bond donors (Lipinski definition) is 1. The van der Waals surface area contributed by atoms with E-state index in [1.165, 1.54) is 0 Å². The number of amides is 1. The zero-order chi connectivity index (χ0) is 13.5. The van der Waals surface area contributed by atoms with E-state index >= 15 is 0 Å². The van der Waals surface area contributed by atoms with Crippen LogP contribution >= 0.6 is 0 Å². The summed E-state index contributed by atoms with van der Waals surface area (Å²) in [5, 5.41) is 4.05. The fraction of sp³-hybridized carbons (Fsp3) is 0.438. The number of carbonyl (C=O) groups excluding carboxylic acids is 1. The lowest BCUT2D eigenvalue weighted by molar-refractivity contribution is 0.0910. The van der Waals surface area contributed by atoms with Gasteiger partial charge in [0.2, 0.25) is 0 Å². The van der Waals surface area contributed by atoms with Crippen LogP contribution in [0.4, 0.5) is 0 Å². The molecule has 100 valence electrons. The molecule has 3 rings (SSSR count). The third kappa shape index (κ3) is 2.50. The number of fused-ring (bicyclic) bond motifs is 1. The van der Waals surface area contributed by atoms with Crippen LogP contribution in [0.25, 0.3) is 11.0 Å². The maximum atomic E-state index is 12.2. The van der Waals surface area contributed by atoms with Crippen LogP contribution in [0.15, 0.2) is 34.7 Å². The maximum Gasteiger partial charge on any atom is 0.287 e. The first-order chi connectivity index (χ1) is 9.03. The van der Waals surface area contributed by atoms with Gasteiger partial charge in [0.15, 0.2) is 5.76 Å². The van der Waals surface area contributed by atoms with E-state index in [2.05, 4.69) is 19.2 Å². The molecule has 1 saturated carbocycles. The molecule has 0 radical (unpaired) electrons. The molecule has 1 N–H and O–H groups in total. The summed E-state index contributed by atoms with van der Waals surface area (Å²) in [5.74, 6) is 0.310. The average molecular weight is 257 g/mol. The SMILES string of the molecule is CC1(C)CCC(NC(=O)c2cc3ccccc3o2)C1. The van der Waals surface area contributed by atoms with Crippen molar-refractivity contribution in [1.82, 2.24) is 5.32 Å². The van der Waals surface area contributed by atoms with Gasteiger partial charge in [0.1, 0.15) is 5.58 Å². The van der Waals surface area contributed by atoms with E-state index < -0.39 is 0 Å². The lowest BCUT2D eigenvalue weighted by Gasteiger charge is -2.17. The number of para-hydroxylation sites is 1. The van der Waals surface area contributed by atoms with E-state index in [9.17, 15) is 4.79 Å².